The van der Waals surface area contributed by atoms with E-state index in [1.165, 1.54) is 13.3 Å². The van der Waals surface area contributed by atoms with Crippen molar-refractivity contribution in [3.8, 4) is 5.75 Å². The van der Waals surface area contributed by atoms with Gasteiger partial charge in [0.1, 0.15) is 5.75 Å². The molecule has 0 unspecified atom stereocenters. The third-order valence-electron chi connectivity index (χ3n) is 4.76. The van der Waals surface area contributed by atoms with Gasteiger partial charge in [0.2, 0.25) is 0 Å². The lowest BCUT2D eigenvalue weighted by Gasteiger charge is -2.30. The summed E-state index contributed by atoms with van der Waals surface area (Å²) in [5.41, 5.74) is 0.537. The minimum atomic E-state index is -1.37. The summed E-state index contributed by atoms with van der Waals surface area (Å²) in [7, 11) is 3.25. The predicted octanol–water partition coefficient (Wildman–Crippen LogP) is 0.119. The molecular formula is C17H17N5O4. The van der Waals surface area contributed by atoms with E-state index in [2.05, 4.69) is 15.7 Å². The highest BCUT2D eigenvalue weighted by Gasteiger charge is 2.51. The van der Waals surface area contributed by atoms with E-state index in [0.717, 1.165) is 5.56 Å². The molecule has 4 rings (SSSR count). The molecule has 1 atom stereocenters. The number of amides is 4. The van der Waals surface area contributed by atoms with Crippen molar-refractivity contribution in [3.05, 3.63) is 47.3 Å². The number of nitrogens with one attached hydrogen (secondary N) is 2. The summed E-state index contributed by atoms with van der Waals surface area (Å²) < 4.78 is 6.72. The Balaban J connectivity index is 1.69. The lowest BCUT2D eigenvalue weighted by Crippen LogP contribution is -2.52. The number of methoxy groups -OCH3 is 1. The number of imide groups is 1. The van der Waals surface area contributed by atoms with E-state index < -0.39 is 17.5 Å². The van der Waals surface area contributed by atoms with Crippen LogP contribution in [0.2, 0.25) is 0 Å². The molecule has 3 heterocycles. The number of aromatic nitrogens is 2. The molecule has 0 spiro atoms. The average Bonchev–Trinajstić information content (AvgIpc) is 3.26. The number of rotatable bonds is 4. The van der Waals surface area contributed by atoms with Gasteiger partial charge in [-0.1, -0.05) is 6.07 Å². The van der Waals surface area contributed by atoms with Gasteiger partial charge in [0.25, 0.3) is 11.8 Å². The quantitative estimate of drug-likeness (QED) is 0.758. The van der Waals surface area contributed by atoms with Crippen molar-refractivity contribution < 1.29 is 19.1 Å². The Hall–Kier alpha value is -3.36. The summed E-state index contributed by atoms with van der Waals surface area (Å²) in [5.74, 6) is -0.124. The van der Waals surface area contributed by atoms with Gasteiger partial charge in [-0.05, 0) is 17.7 Å². The Morgan fingerprint density at radius 1 is 1.31 bits per heavy atom. The minimum absolute atomic E-state index is 0.00605. The molecule has 2 aliphatic heterocycles. The molecule has 0 saturated carbocycles. The zero-order valence-electron chi connectivity index (χ0n) is 14.3. The van der Waals surface area contributed by atoms with Crippen molar-refractivity contribution in [1.29, 1.82) is 0 Å². The van der Waals surface area contributed by atoms with Crippen molar-refractivity contribution in [1.82, 2.24) is 25.3 Å². The van der Waals surface area contributed by atoms with Gasteiger partial charge in [0, 0.05) is 30.9 Å². The molecule has 9 heteroatoms. The topological polar surface area (TPSA) is 106 Å². The van der Waals surface area contributed by atoms with Crippen molar-refractivity contribution in [2.24, 2.45) is 7.05 Å². The first-order chi connectivity index (χ1) is 12.4. The third kappa shape index (κ3) is 2.32. The second-order valence-electron chi connectivity index (χ2n) is 6.40. The van der Waals surface area contributed by atoms with Crippen molar-refractivity contribution in [2.75, 3.05) is 13.7 Å². The summed E-state index contributed by atoms with van der Waals surface area (Å²) in [5, 5.41) is 9.02. The molecule has 1 fully saturated rings. The van der Waals surface area contributed by atoms with E-state index in [0.29, 0.717) is 23.4 Å². The number of benzene rings is 1. The van der Waals surface area contributed by atoms with Crippen LogP contribution in [0.4, 0.5) is 4.79 Å². The monoisotopic (exact) mass is 355 g/mol. The molecule has 1 aromatic heterocycles. The number of carbonyl (C=O) groups excluding carboxylic acids is 3. The van der Waals surface area contributed by atoms with Gasteiger partial charge in [-0.15, -0.1) is 0 Å². The normalized spacial score (nSPS) is 21.6. The lowest BCUT2D eigenvalue weighted by molar-refractivity contribution is -0.124. The van der Waals surface area contributed by atoms with Gasteiger partial charge in [-0.25, -0.2) is 4.79 Å². The Kier molecular flexibility index (Phi) is 3.46. The average molecular weight is 355 g/mol. The number of hydrogen-bond donors (Lipinski definition) is 2. The van der Waals surface area contributed by atoms with Crippen LogP contribution in [0.25, 0.3) is 0 Å². The van der Waals surface area contributed by atoms with E-state index in [1.54, 1.807) is 35.0 Å². The summed E-state index contributed by atoms with van der Waals surface area (Å²) >= 11 is 0. The van der Waals surface area contributed by atoms with E-state index in [-0.39, 0.29) is 12.5 Å². The minimum Gasteiger partial charge on any atom is -0.497 e. The van der Waals surface area contributed by atoms with Crippen LogP contribution in [-0.4, -0.2) is 46.2 Å². The summed E-state index contributed by atoms with van der Waals surface area (Å²) in [6.07, 6.45) is 3.17. The second-order valence-corrected chi connectivity index (χ2v) is 6.40. The van der Waals surface area contributed by atoms with Crippen LogP contribution in [0.1, 0.15) is 21.5 Å². The fourth-order valence-corrected chi connectivity index (χ4v) is 3.42. The molecule has 1 saturated heterocycles. The van der Waals surface area contributed by atoms with E-state index >= 15 is 0 Å². The summed E-state index contributed by atoms with van der Waals surface area (Å²) in [4.78, 5) is 38.8. The van der Waals surface area contributed by atoms with Gasteiger partial charge in [-0.2, -0.15) is 5.10 Å². The van der Waals surface area contributed by atoms with Crippen LogP contribution in [0.15, 0.2) is 30.6 Å². The highest BCUT2D eigenvalue weighted by atomic mass is 16.5. The van der Waals surface area contributed by atoms with Crippen molar-refractivity contribution >= 4 is 17.8 Å². The van der Waals surface area contributed by atoms with Crippen LogP contribution >= 0.6 is 0 Å². The van der Waals surface area contributed by atoms with Crippen LogP contribution in [0, 0.1) is 0 Å². The van der Waals surface area contributed by atoms with Crippen LogP contribution in [0.3, 0.4) is 0 Å². The Morgan fingerprint density at radius 2 is 2.12 bits per heavy atom. The maximum atomic E-state index is 12.8. The molecule has 2 aliphatic rings. The standard InChI is InChI=1S/C17H17N5O4/c1-21-8-11(6-18-21)17(15(24)19-16(25)20-17)9-22-7-10-3-4-12(26-2)5-13(10)14(22)23/h3-6,8H,7,9H2,1-2H3,(H2,19,20,24,25)/t17-/m0/s1. The van der Waals surface area contributed by atoms with Gasteiger partial charge in [0.05, 0.1) is 19.9 Å². The SMILES string of the molecule is COc1ccc2c(c1)C(=O)N(C[C@@]1(c3cnn(C)c3)NC(=O)NC1=O)C2. The van der Waals surface area contributed by atoms with Gasteiger partial charge < -0.3 is 15.0 Å². The Bertz CT molecular complexity index is 937. The smallest absolute Gasteiger partial charge is 0.322 e. The van der Waals surface area contributed by atoms with Gasteiger partial charge in [-0.3, -0.25) is 19.6 Å². The maximum Gasteiger partial charge on any atom is 0.322 e. The molecule has 2 N–H and O–H groups in total. The highest BCUT2D eigenvalue weighted by molar-refractivity contribution is 6.08. The van der Waals surface area contributed by atoms with E-state index in [4.69, 9.17) is 4.74 Å². The summed E-state index contributed by atoms with van der Waals surface area (Å²) in [6, 6.07) is 4.71. The van der Waals surface area contributed by atoms with Crippen LogP contribution in [0.5, 0.6) is 5.75 Å². The largest absolute Gasteiger partial charge is 0.497 e. The number of nitrogens with zero attached hydrogens (tertiary/aromatic N) is 3. The molecule has 134 valence electrons. The fourth-order valence-electron chi connectivity index (χ4n) is 3.42. The first-order valence-corrected chi connectivity index (χ1v) is 8.02. The molecule has 0 aliphatic carbocycles. The fraction of sp³-hybridized carbons (Fsp3) is 0.294. The van der Waals surface area contributed by atoms with E-state index in [9.17, 15) is 14.4 Å². The zero-order valence-corrected chi connectivity index (χ0v) is 14.3. The highest BCUT2D eigenvalue weighted by Crippen LogP contribution is 2.32. The number of ether oxygens (including phenoxy) is 1. The first-order valence-electron chi connectivity index (χ1n) is 8.02. The Labute approximate surface area is 148 Å². The lowest BCUT2D eigenvalue weighted by atomic mass is 9.92. The first kappa shape index (κ1) is 16.1. The molecule has 0 bridgehead atoms. The van der Waals surface area contributed by atoms with Crippen LogP contribution in [-0.2, 0) is 23.9 Å². The third-order valence-corrected chi connectivity index (χ3v) is 4.76. The van der Waals surface area contributed by atoms with Crippen molar-refractivity contribution in [2.45, 2.75) is 12.1 Å². The molecule has 26 heavy (non-hydrogen) atoms. The molecular weight excluding hydrogens is 338 g/mol. The number of carbonyl (C=O) groups is 3. The number of fused-ring (bicyclic) bond motifs is 1. The predicted molar refractivity (Wildman–Crippen MR) is 89.3 cm³/mol. The second kappa shape index (κ2) is 5.58. The molecule has 1 aromatic carbocycles. The van der Waals surface area contributed by atoms with E-state index in [1.807, 2.05) is 6.07 Å². The molecule has 9 nitrogen and oxygen atoms in total. The van der Waals surface area contributed by atoms with Crippen LogP contribution < -0.4 is 15.4 Å². The number of urea groups is 1. The molecule has 2 aromatic rings. The molecule has 0 radical (unpaired) electrons. The summed E-state index contributed by atoms with van der Waals surface area (Å²) in [6.45, 7) is 0.357. The van der Waals surface area contributed by atoms with Crippen molar-refractivity contribution in [3.63, 3.8) is 0 Å². The molecule has 4 amide bonds. The zero-order chi connectivity index (χ0) is 18.5. The number of hydrogen-bond acceptors (Lipinski definition) is 5. The maximum absolute atomic E-state index is 12.8. The van der Waals surface area contributed by atoms with Gasteiger partial charge in [0.15, 0.2) is 5.54 Å². The Morgan fingerprint density at radius 3 is 2.73 bits per heavy atom. The number of aryl methyl sites for hydroxylation is 1. The van der Waals surface area contributed by atoms with Gasteiger partial charge >= 0.3 is 6.03 Å².